The van der Waals surface area contributed by atoms with Crippen LogP contribution in [0.1, 0.15) is 46.1 Å². The lowest BCUT2D eigenvalue weighted by atomic mass is 9.55. The Bertz CT molecular complexity index is 1430. The lowest BCUT2D eigenvalue weighted by Crippen LogP contribution is -2.79. The number of amides is 3. The van der Waals surface area contributed by atoms with Crippen LogP contribution in [0.5, 0.6) is 0 Å². The number of piperidine rings is 2. The molecular weight excluding hydrogens is 507 g/mol. The van der Waals surface area contributed by atoms with Gasteiger partial charge in [0.05, 0.1) is 23.2 Å². The van der Waals surface area contributed by atoms with Crippen molar-refractivity contribution in [3.8, 4) is 0 Å². The summed E-state index contributed by atoms with van der Waals surface area (Å²) in [6.45, 7) is 4.22. The molecule has 3 saturated heterocycles. The number of aromatic nitrogens is 2. The summed E-state index contributed by atoms with van der Waals surface area (Å²) in [7, 11) is 1.37. The number of hydrogen-bond donors (Lipinski definition) is 2. The molecule has 1 spiro atoms. The molecule has 5 rings (SSSR count). The fourth-order valence-electron chi connectivity index (χ4n) is 6.75. The number of imide groups is 1. The van der Waals surface area contributed by atoms with Crippen LogP contribution in [0.25, 0.3) is 11.0 Å². The molecule has 2 aromatic rings. The zero-order valence-corrected chi connectivity index (χ0v) is 21.6. The molecule has 3 atom stereocenters. The van der Waals surface area contributed by atoms with Crippen molar-refractivity contribution in [3.05, 3.63) is 28.4 Å². The quantitative estimate of drug-likeness (QED) is 0.569. The normalized spacial score (nSPS) is 27.6. The molecule has 3 unspecified atom stereocenters. The maximum Gasteiger partial charge on any atom is 0.407 e. The number of benzene rings is 1. The van der Waals surface area contributed by atoms with Gasteiger partial charge in [-0.3, -0.25) is 24.0 Å². The van der Waals surface area contributed by atoms with Crippen molar-refractivity contribution >= 4 is 34.6 Å². The van der Waals surface area contributed by atoms with Gasteiger partial charge in [-0.1, -0.05) is 20.8 Å². The largest absolute Gasteiger partial charge is 0.465 e. The van der Waals surface area contributed by atoms with E-state index in [-0.39, 0.29) is 49.1 Å². The second-order valence-electron chi connectivity index (χ2n) is 11.7. The van der Waals surface area contributed by atoms with E-state index in [1.165, 1.54) is 23.7 Å². The van der Waals surface area contributed by atoms with Gasteiger partial charge in [-0.15, -0.1) is 0 Å². The van der Waals surface area contributed by atoms with E-state index in [1.807, 2.05) is 0 Å². The summed E-state index contributed by atoms with van der Waals surface area (Å²) < 4.78 is 49.6. The van der Waals surface area contributed by atoms with Crippen molar-refractivity contribution in [3.63, 3.8) is 0 Å². The van der Waals surface area contributed by atoms with Crippen LogP contribution >= 0.6 is 0 Å². The van der Waals surface area contributed by atoms with Crippen molar-refractivity contribution in [2.24, 2.45) is 17.9 Å². The third-order valence-corrected chi connectivity index (χ3v) is 8.32. The molecule has 38 heavy (non-hydrogen) atoms. The molecule has 1 aromatic heterocycles. The summed E-state index contributed by atoms with van der Waals surface area (Å²) in [5.74, 6) is -5.20. The number of nitrogens with zero attached hydrogens (tertiary/aromatic N) is 4. The maximum atomic E-state index is 16.2. The Balaban J connectivity index is 1.57. The van der Waals surface area contributed by atoms with Crippen molar-refractivity contribution in [2.75, 3.05) is 24.5 Å². The van der Waals surface area contributed by atoms with Gasteiger partial charge in [0.15, 0.2) is 5.82 Å². The molecular formula is C25H30F3N5O5. The van der Waals surface area contributed by atoms with Crippen molar-refractivity contribution < 1.29 is 32.7 Å². The number of hydrogen-bond acceptors (Lipinski definition) is 5. The average Bonchev–Trinajstić information content (AvgIpc) is 3.02. The minimum atomic E-state index is -3.33. The van der Waals surface area contributed by atoms with Crippen LogP contribution in [0.3, 0.4) is 0 Å². The van der Waals surface area contributed by atoms with Crippen molar-refractivity contribution in [1.29, 1.82) is 0 Å². The van der Waals surface area contributed by atoms with Crippen LogP contribution in [-0.2, 0) is 16.6 Å². The summed E-state index contributed by atoms with van der Waals surface area (Å²) in [4.78, 5) is 50.8. The van der Waals surface area contributed by atoms with E-state index < -0.39 is 64.8 Å². The van der Waals surface area contributed by atoms with Crippen LogP contribution in [-0.4, -0.2) is 68.6 Å². The second-order valence-corrected chi connectivity index (χ2v) is 11.7. The van der Waals surface area contributed by atoms with E-state index in [9.17, 15) is 24.3 Å². The summed E-state index contributed by atoms with van der Waals surface area (Å²) in [6.07, 6.45) is -1.34. The monoisotopic (exact) mass is 537 g/mol. The standard InChI is InChI=1S/C25H30F3N5O5/c1-23(2,3)20-24(9-10-31(22(37)38)12-25(24,27)28)11-32(20)13-5-6-14-18(17(13)26)30(4)21(36)33(14)15-7-8-16(34)29-19(15)35/h5-6,15,20H,7-12H2,1-4H3,(H,37,38)(H,29,34,35). The number of likely N-dealkylation sites (tertiary alicyclic amines) is 1. The number of carbonyl (C=O) groups is 3. The summed E-state index contributed by atoms with van der Waals surface area (Å²) >= 11 is 0. The molecule has 3 fully saturated rings. The molecule has 1 aromatic carbocycles. The third-order valence-electron chi connectivity index (χ3n) is 8.32. The number of fused-ring (bicyclic) bond motifs is 1. The van der Waals surface area contributed by atoms with E-state index in [4.69, 9.17) is 0 Å². The van der Waals surface area contributed by atoms with Gasteiger partial charge in [-0.05, 0) is 30.4 Å². The van der Waals surface area contributed by atoms with Gasteiger partial charge in [0.2, 0.25) is 11.8 Å². The van der Waals surface area contributed by atoms with Gasteiger partial charge < -0.3 is 14.9 Å². The number of aryl methyl sites for hydroxylation is 1. The van der Waals surface area contributed by atoms with Gasteiger partial charge in [0.25, 0.3) is 5.92 Å². The number of nitrogens with one attached hydrogen (secondary N) is 1. The molecule has 0 radical (unpaired) electrons. The van der Waals surface area contributed by atoms with Gasteiger partial charge in [-0.25, -0.2) is 22.8 Å². The lowest BCUT2D eigenvalue weighted by Gasteiger charge is -2.67. The fraction of sp³-hybridized carbons (Fsp3) is 0.600. The van der Waals surface area contributed by atoms with Crippen LogP contribution < -0.4 is 15.9 Å². The Labute approximate surface area is 216 Å². The summed E-state index contributed by atoms with van der Waals surface area (Å²) in [6, 6.07) is 1.12. The first-order valence-electron chi connectivity index (χ1n) is 12.5. The summed E-state index contributed by atoms with van der Waals surface area (Å²) in [5, 5.41) is 11.5. The Morgan fingerprint density at radius 1 is 1.16 bits per heavy atom. The van der Waals surface area contributed by atoms with Crippen LogP contribution in [0.4, 0.5) is 23.7 Å². The van der Waals surface area contributed by atoms with Crippen molar-refractivity contribution in [2.45, 2.75) is 58.0 Å². The number of anilines is 1. The molecule has 3 aliphatic rings. The number of imidazole rings is 1. The van der Waals surface area contributed by atoms with Gasteiger partial charge in [-0.2, -0.15) is 0 Å². The first-order chi connectivity index (χ1) is 17.6. The third kappa shape index (κ3) is 3.53. The smallest absolute Gasteiger partial charge is 0.407 e. The lowest BCUT2D eigenvalue weighted by molar-refractivity contribution is -0.207. The molecule has 3 amide bonds. The van der Waals surface area contributed by atoms with Gasteiger partial charge in [0.1, 0.15) is 11.6 Å². The number of carbonyl (C=O) groups excluding carboxylic acids is 2. The first kappa shape index (κ1) is 26.1. The zero-order valence-electron chi connectivity index (χ0n) is 21.6. The predicted octanol–water partition coefficient (Wildman–Crippen LogP) is 2.70. The Kier molecular flexibility index (Phi) is 5.66. The molecule has 0 aliphatic carbocycles. The Morgan fingerprint density at radius 3 is 2.42 bits per heavy atom. The van der Waals surface area contributed by atoms with E-state index in [0.717, 1.165) is 4.57 Å². The van der Waals surface area contributed by atoms with Crippen LogP contribution in [0.15, 0.2) is 16.9 Å². The van der Waals surface area contributed by atoms with E-state index >= 15 is 13.2 Å². The molecule has 10 nitrogen and oxygen atoms in total. The fourth-order valence-corrected chi connectivity index (χ4v) is 6.75. The van der Waals surface area contributed by atoms with E-state index in [0.29, 0.717) is 4.90 Å². The highest BCUT2D eigenvalue weighted by atomic mass is 19.3. The Hall–Kier alpha value is -3.51. The van der Waals surface area contributed by atoms with E-state index in [2.05, 4.69) is 5.32 Å². The number of alkyl halides is 2. The number of rotatable bonds is 2. The SMILES string of the molecule is Cn1c(=O)n(C2CCC(=O)NC2=O)c2ccc(N3CC4(CCN(C(=O)O)CC4(F)F)C3C(C)(C)C)c(F)c21. The molecule has 0 bridgehead atoms. The molecule has 4 heterocycles. The highest BCUT2D eigenvalue weighted by Gasteiger charge is 2.71. The van der Waals surface area contributed by atoms with Gasteiger partial charge >= 0.3 is 11.8 Å². The zero-order chi connectivity index (χ0) is 27.9. The molecule has 13 heteroatoms. The second kappa shape index (κ2) is 8.24. The Morgan fingerprint density at radius 2 is 1.84 bits per heavy atom. The summed E-state index contributed by atoms with van der Waals surface area (Å²) in [5.41, 5.74) is -2.77. The molecule has 2 N–H and O–H groups in total. The molecule has 206 valence electrons. The predicted molar refractivity (Wildman–Crippen MR) is 131 cm³/mol. The maximum absolute atomic E-state index is 16.2. The van der Waals surface area contributed by atoms with Crippen molar-refractivity contribution in [1.82, 2.24) is 19.4 Å². The van der Waals surface area contributed by atoms with Gasteiger partial charge in [0, 0.05) is 32.6 Å². The molecule has 0 saturated carbocycles. The first-order valence-corrected chi connectivity index (χ1v) is 12.5. The number of halogens is 3. The highest BCUT2D eigenvalue weighted by Crippen LogP contribution is 2.60. The topological polar surface area (TPSA) is 117 Å². The van der Waals surface area contributed by atoms with E-state index in [1.54, 1.807) is 25.7 Å². The van der Waals surface area contributed by atoms with Crippen LogP contribution in [0, 0.1) is 16.6 Å². The minimum Gasteiger partial charge on any atom is -0.465 e. The minimum absolute atomic E-state index is 0.0381. The average molecular weight is 538 g/mol. The molecule has 3 aliphatic heterocycles. The highest BCUT2D eigenvalue weighted by molar-refractivity contribution is 6.00. The number of carboxylic acid groups (broad SMARTS) is 1. The van der Waals surface area contributed by atoms with Crippen LogP contribution in [0.2, 0.25) is 0 Å².